The third-order valence-corrected chi connectivity index (χ3v) is 6.98. The van der Waals surface area contributed by atoms with Crippen LogP contribution in [0.2, 0.25) is 0 Å². The van der Waals surface area contributed by atoms with Gasteiger partial charge in [0.1, 0.15) is 0 Å². The molecule has 2 fully saturated rings. The zero-order chi connectivity index (χ0) is 20.8. The zero-order valence-electron chi connectivity index (χ0n) is 16.3. The van der Waals surface area contributed by atoms with Crippen molar-refractivity contribution in [1.29, 1.82) is 0 Å². The molecule has 2 aromatic carbocycles. The molecule has 2 aliphatic rings. The van der Waals surface area contributed by atoms with Gasteiger partial charge in [-0.05, 0) is 42.2 Å². The maximum Gasteiger partial charge on any atom is 0.407 e. The van der Waals surface area contributed by atoms with Gasteiger partial charge in [0.15, 0.2) is 0 Å². The van der Waals surface area contributed by atoms with Crippen molar-refractivity contribution >= 4 is 32.8 Å². The molecule has 0 aliphatic carbocycles. The van der Waals surface area contributed by atoms with Crippen molar-refractivity contribution < 1.29 is 9.90 Å². The molecular formula is C23H22BrN3O3. The van der Waals surface area contributed by atoms with E-state index in [4.69, 9.17) is 0 Å². The van der Waals surface area contributed by atoms with Crippen molar-refractivity contribution in [2.45, 2.75) is 31.5 Å². The van der Waals surface area contributed by atoms with Crippen LogP contribution in [0, 0.1) is 0 Å². The van der Waals surface area contributed by atoms with Gasteiger partial charge < -0.3 is 10.1 Å². The Balaban J connectivity index is 1.35. The number of amides is 1. The quantitative estimate of drug-likeness (QED) is 0.602. The topological polar surface area (TPSA) is 76.6 Å². The van der Waals surface area contributed by atoms with Crippen LogP contribution in [0.1, 0.15) is 18.4 Å². The van der Waals surface area contributed by atoms with Crippen LogP contribution >= 0.6 is 15.9 Å². The second kappa shape index (κ2) is 7.56. The van der Waals surface area contributed by atoms with E-state index >= 15 is 0 Å². The first-order valence-electron chi connectivity index (χ1n) is 10.1. The van der Waals surface area contributed by atoms with E-state index in [0.29, 0.717) is 5.39 Å². The standard InChI is InChI=1S/C23H22BrN3O3/c24-20-3-1-2-18-19(20)10-21(25-22(18)28)15-6-4-14(5-7-15)11-26-12-16-8-9-17(13-26)27(16)23(29)30/h1-7,10,16-17H,8-9,11-13H2,(H,25,28)(H,29,30). The lowest BCUT2D eigenvalue weighted by molar-refractivity contribution is 0.0592. The number of piperazine rings is 1. The zero-order valence-corrected chi connectivity index (χ0v) is 17.9. The molecule has 2 atom stereocenters. The molecule has 3 heterocycles. The molecule has 154 valence electrons. The third kappa shape index (κ3) is 3.42. The fourth-order valence-electron chi connectivity index (χ4n) is 4.89. The Kier molecular flexibility index (Phi) is 4.87. The molecule has 30 heavy (non-hydrogen) atoms. The average molecular weight is 468 g/mol. The predicted molar refractivity (Wildman–Crippen MR) is 120 cm³/mol. The molecule has 5 rings (SSSR count). The van der Waals surface area contributed by atoms with E-state index in [1.807, 2.05) is 36.4 Å². The summed E-state index contributed by atoms with van der Waals surface area (Å²) in [6, 6.07) is 16.1. The summed E-state index contributed by atoms with van der Waals surface area (Å²) in [6.07, 6.45) is 1.12. The summed E-state index contributed by atoms with van der Waals surface area (Å²) >= 11 is 3.53. The lowest BCUT2D eigenvalue weighted by Crippen LogP contribution is -2.55. The van der Waals surface area contributed by atoms with E-state index in [0.717, 1.165) is 53.6 Å². The fourth-order valence-corrected chi connectivity index (χ4v) is 5.37. The number of pyridine rings is 1. The lowest BCUT2D eigenvalue weighted by Gasteiger charge is -2.39. The maximum atomic E-state index is 12.5. The molecule has 1 amide bonds. The summed E-state index contributed by atoms with van der Waals surface area (Å²) < 4.78 is 0.902. The summed E-state index contributed by atoms with van der Waals surface area (Å²) in [7, 11) is 0. The van der Waals surface area contributed by atoms with Crippen LogP contribution in [0.15, 0.2) is 57.8 Å². The Morgan fingerprint density at radius 2 is 1.77 bits per heavy atom. The molecule has 2 unspecified atom stereocenters. The number of nitrogens with one attached hydrogen (secondary N) is 1. The Labute approximate surface area is 182 Å². The SMILES string of the molecule is O=C(O)N1C2CCC1CN(Cc1ccc(-c3cc4c(Br)cccc4c(=O)[nH]3)cc1)C2. The fraction of sp³-hybridized carbons (Fsp3) is 0.304. The second-order valence-corrected chi connectivity index (χ2v) is 9.03. The number of hydrogen-bond acceptors (Lipinski definition) is 3. The third-order valence-electron chi connectivity index (χ3n) is 6.28. The van der Waals surface area contributed by atoms with Gasteiger partial charge in [-0.2, -0.15) is 0 Å². The number of likely N-dealkylation sites (tertiary alicyclic amines) is 1. The molecule has 0 saturated carbocycles. The number of rotatable bonds is 3. The monoisotopic (exact) mass is 467 g/mol. The molecule has 2 N–H and O–H groups in total. The number of hydrogen-bond donors (Lipinski definition) is 2. The Morgan fingerprint density at radius 3 is 2.43 bits per heavy atom. The van der Waals surface area contributed by atoms with Crippen molar-refractivity contribution in [3.63, 3.8) is 0 Å². The second-order valence-electron chi connectivity index (χ2n) is 8.18. The predicted octanol–water partition coefficient (Wildman–Crippen LogP) is 4.28. The van der Waals surface area contributed by atoms with E-state index in [2.05, 4.69) is 37.9 Å². The number of halogens is 1. The lowest BCUT2D eigenvalue weighted by atomic mass is 10.0. The van der Waals surface area contributed by atoms with Crippen molar-refractivity contribution in [3.05, 3.63) is 68.9 Å². The van der Waals surface area contributed by atoms with Crippen LogP contribution in [-0.2, 0) is 6.54 Å². The highest BCUT2D eigenvalue weighted by molar-refractivity contribution is 9.10. The summed E-state index contributed by atoms with van der Waals surface area (Å²) in [5, 5.41) is 11.0. The molecule has 2 aliphatic heterocycles. The first kappa shape index (κ1) is 19.3. The normalized spacial score (nSPS) is 21.3. The van der Waals surface area contributed by atoms with Gasteiger partial charge in [0.2, 0.25) is 0 Å². The van der Waals surface area contributed by atoms with Crippen LogP contribution in [-0.4, -0.2) is 51.2 Å². The molecule has 2 bridgehead atoms. The Morgan fingerprint density at radius 1 is 1.07 bits per heavy atom. The molecule has 2 saturated heterocycles. The van der Waals surface area contributed by atoms with Crippen LogP contribution in [0.25, 0.3) is 22.0 Å². The number of H-pyrrole nitrogens is 1. The molecule has 1 aromatic heterocycles. The molecule has 0 spiro atoms. The average Bonchev–Trinajstić information content (AvgIpc) is 3.01. The number of carboxylic acid groups (broad SMARTS) is 1. The van der Waals surface area contributed by atoms with E-state index in [1.54, 1.807) is 4.90 Å². The number of aromatic amines is 1. The van der Waals surface area contributed by atoms with Crippen molar-refractivity contribution in [1.82, 2.24) is 14.8 Å². The van der Waals surface area contributed by atoms with Gasteiger partial charge in [0, 0.05) is 52.7 Å². The minimum Gasteiger partial charge on any atom is -0.465 e. The van der Waals surface area contributed by atoms with E-state index in [-0.39, 0.29) is 17.6 Å². The summed E-state index contributed by atoms with van der Waals surface area (Å²) in [5.41, 5.74) is 2.84. The highest BCUT2D eigenvalue weighted by atomic mass is 79.9. The van der Waals surface area contributed by atoms with Crippen LogP contribution in [0.5, 0.6) is 0 Å². The number of benzene rings is 2. The van der Waals surface area contributed by atoms with Crippen molar-refractivity contribution in [3.8, 4) is 11.3 Å². The summed E-state index contributed by atoms with van der Waals surface area (Å²) in [5.74, 6) is 0. The van der Waals surface area contributed by atoms with Gasteiger partial charge in [-0.25, -0.2) is 4.79 Å². The molecule has 0 radical (unpaired) electrons. The van der Waals surface area contributed by atoms with E-state index in [1.165, 1.54) is 5.56 Å². The largest absolute Gasteiger partial charge is 0.465 e. The molecule has 3 aromatic rings. The van der Waals surface area contributed by atoms with Gasteiger partial charge in [-0.15, -0.1) is 0 Å². The minimum absolute atomic E-state index is 0.0975. The smallest absolute Gasteiger partial charge is 0.407 e. The Bertz CT molecular complexity index is 1160. The van der Waals surface area contributed by atoms with Crippen LogP contribution < -0.4 is 5.56 Å². The van der Waals surface area contributed by atoms with Gasteiger partial charge in [0.25, 0.3) is 5.56 Å². The van der Waals surface area contributed by atoms with E-state index < -0.39 is 6.09 Å². The van der Waals surface area contributed by atoms with E-state index in [9.17, 15) is 14.7 Å². The van der Waals surface area contributed by atoms with Gasteiger partial charge in [-0.1, -0.05) is 46.3 Å². The first-order chi connectivity index (χ1) is 14.5. The summed E-state index contributed by atoms with van der Waals surface area (Å²) in [6.45, 7) is 2.38. The number of aromatic nitrogens is 1. The molecule has 7 heteroatoms. The number of fused-ring (bicyclic) bond motifs is 3. The first-order valence-corrected chi connectivity index (χ1v) is 10.9. The van der Waals surface area contributed by atoms with Crippen molar-refractivity contribution in [2.75, 3.05) is 13.1 Å². The van der Waals surface area contributed by atoms with Gasteiger partial charge in [0.05, 0.1) is 0 Å². The van der Waals surface area contributed by atoms with Gasteiger partial charge >= 0.3 is 6.09 Å². The number of carbonyl (C=O) groups is 1. The highest BCUT2D eigenvalue weighted by Crippen LogP contribution is 2.31. The Hall–Kier alpha value is -2.64. The molecule has 6 nitrogen and oxygen atoms in total. The van der Waals surface area contributed by atoms with Crippen LogP contribution in [0.3, 0.4) is 0 Å². The maximum absolute atomic E-state index is 12.5. The van der Waals surface area contributed by atoms with Crippen LogP contribution in [0.4, 0.5) is 4.79 Å². The summed E-state index contributed by atoms with van der Waals surface area (Å²) in [4.78, 5) is 30.9. The number of nitrogens with zero attached hydrogens (tertiary/aromatic N) is 2. The van der Waals surface area contributed by atoms with Gasteiger partial charge in [-0.3, -0.25) is 14.6 Å². The molecular weight excluding hydrogens is 446 g/mol. The highest BCUT2D eigenvalue weighted by Gasteiger charge is 2.42. The van der Waals surface area contributed by atoms with Crippen molar-refractivity contribution in [2.24, 2.45) is 0 Å². The minimum atomic E-state index is -0.789.